The molecular formula is C25H17F3N4O3S. The minimum absolute atomic E-state index is 0.0351. The second-order valence-electron chi connectivity index (χ2n) is 7.94. The number of halogens is 3. The molecule has 3 N–H and O–H groups in total. The van der Waals surface area contributed by atoms with E-state index in [1.807, 2.05) is 0 Å². The first-order valence-corrected chi connectivity index (χ1v) is 11.5. The second kappa shape index (κ2) is 9.42. The van der Waals surface area contributed by atoms with Gasteiger partial charge < -0.3 is 15.9 Å². The fourth-order valence-electron chi connectivity index (χ4n) is 3.90. The molecule has 1 aliphatic rings. The van der Waals surface area contributed by atoms with Gasteiger partial charge in [-0.25, -0.2) is 18.2 Å². The number of carbonyl (C=O) groups excluding carboxylic acids is 2. The highest BCUT2D eigenvalue weighted by Crippen LogP contribution is 2.42. The first kappa shape index (κ1) is 23.5. The van der Waals surface area contributed by atoms with E-state index in [1.54, 1.807) is 30.3 Å². The highest BCUT2D eigenvalue weighted by molar-refractivity contribution is 7.21. The van der Waals surface area contributed by atoms with Gasteiger partial charge in [-0.2, -0.15) is 0 Å². The maximum Gasteiger partial charge on any atom is 0.280 e. The Kier molecular flexibility index (Phi) is 6.15. The molecule has 7 nitrogen and oxygen atoms in total. The van der Waals surface area contributed by atoms with Crippen LogP contribution in [0.1, 0.15) is 33.8 Å². The molecule has 2 amide bonds. The van der Waals surface area contributed by atoms with E-state index in [4.69, 9.17) is 10.6 Å². The van der Waals surface area contributed by atoms with Crippen molar-refractivity contribution in [3.63, 3.8) is 0 Å². The van der Waals surface area contributed by atoms with Crippen molar-refractivity contribution in [3.8, 4) is 11.1 Å². The van der Waals surface area contributed by atoms with Gasteiger partial charge in [0.15, 0.2) is 0 Å². The highest BCUT2D eigenvalue weighted by Gasteiger charge is 2.32. The van der Waals surface area contributed by atoms with Crippen LogP contribution in [0.4, 0.5) is 18.9 Å². The van der Waals surface area contributed by atoms with Crippen LogP contribution >= 0.6 is 11.3 Å². The van der Waals surface area contributed by atoms with Crippen molar-refractivity contribution in [2.24, 2.45) is 10.9 Å². The van der Waals surface area contributed by atoms with Crippen LogP contribution in [0, 0.1) is 5.82 Å². The number of nitrogens with one attached hydrogen (secondary N) is 1. The third kappa shape index (κ3) is 4.40. The first-order valence-electron chi connectivity index (χ1n) is 10.7. The summed E-state index contributed by atoms with van der Waals surface area (Å²) in [5, 5.41) is 6.93. The smallest absolute Gasteiger partial charge is 0.280 e. The van der Waals surface area contributed by atoms with Crippen LogP contribution < -0.4 is 11.1 Å². The van der Waals surface area contributed by atoms with E-state index in [2.05, 4.69) is 15.5 Å². The fourth-order valence-corrected chi connectivity index (χ4v) is 4.92. The number of nitrogens with two attached hydrogens (primary N) is 1. The molecule has 0 saturated carbocycles. The van der Waals surface area contributed by atoms with Crippen LogP contribution in [0.5, 0.6) is 0 Å². The Balaban J connectivity index is 1.53. The minimum Gasteiger partial charge on any atom is -0.382 e. The average molecular weight is 510 g/mol. The van der Waals surface area contributed by atoms with Crippen molar-refractivity contribution in [3.05, 3.63) is 82.6 Å². The Hall–Kier alpha value is -4.25. The number of benzene rings is 2. The molecule has 2 aromatic heterocycles. The number of rotatable bonds is 6. The molecule has 1 unspecified atom stereocenters. The molecule has 36 heavy (non-hydrogen) atoms. The van der Waals surface area contributed by atoms with Crippen LogP contribution in [0.3, 0.4) is 0 Å². The van der Waals surface area contributed by atoms with Crippen LogP contribution in [-0.2, 0) is 9.63 Å². The van der Waals surface area contributed by atoms with Crippen LogP contribution in [0.25, 0.3) is 21.3 Å². The zero-order valence-electron chi connectivity index (χ0n) is 18.4. The first-order chi connectivity index (χ1) is 17.3. The van der Waals surface area contributed by atoms with Gasteiger partial charge in [-0.1, -0.05) is 47.6 Å². The van der Waals surface area contributed by atoms with Crippen molar-refractivity contribution in [2.45, 2.75) is 19.0 Å². The fraction of sp³-hybridized carbons (Fsp3) is 0.120. The van der Waals surface area contributed by atoms with E-state index in [1.165, 1.54) is 30.3 Å². The lowest BCUT2D eigenvalue weighted by atomic mass is 10.0. The van der Waals surface area contributed by atoms with E-state index in [-0.39, 0.29) is 21.8 Å². The number of amides is 2. The van der Waals surface area contributed by atoms with E-state index >= 15 is 0 Å². The molecule has 0 saturated heterocycles. The van der Waals surface area contributed by atoms with Crippen molar-refractivity contribution in [2.75, 3.05) is 5.32 Å². The number of hydrogen-bond acceptors (Lipinski definition) is 6. The van der Waals surface area contributed by atoms with Gasteiger partial charge in [0.25, 0.3) is 18.2 Å². The molecule has 5 rings (SSSR count). The van der Waals surface area contributed by atoms with Crippen LogP contribution in [0.15, 0.2) is 65.8 Å². The SMILES string of the molecule is NC(=O)c1sc2nc(C(F)F)cc(-c3ccccc3)c2c1NC(=O)C1CC(c2ccc(F)cc2)=NO1. The van der Waals surface area contributed by atoms with Crippen molar-refractivity contribution in [1.29, 1.82) is 0 Å². The lowest BCUT2D eigenvalue weighted by molar-refractivity contribution is -0.125. The Labute approximate surface area is 206 Å². The van der Waals surface area contributed by atoms with E-state index in [0.29, 0.717) is 27.8 Å². The van der Waals surface area contributed by atoms with Gasteiger partial charge in [-0.05, 0) is 34.9 Å². The number of hydrogen-bond donors (Lipinski definition) is 2. The van der Waals surface area contributed by atoms with Gasteiger partial charge in [-0.3, -0.25) is 9.59 Å². The number of anilines is 1. The van der Waals surface area contributed by atoms with Gasteiger partial charge in [-0.15, -0.1) is 11.3 Å². The van der Waals surface area contributed by atoms with E-state index in [0.717, 1.165) is 11.3 Å². The molecule has 0 bridgehead atoms. The summed E-state index contributed by atoms with van der Waals surface area (Å²) < 4.78 is 40.4. The van der Waals surface area contributed by atoms with Gasteiger partial charge in [0.05, 0.1) is 11.4 Å². The molecule has 0 spiro atoms. The van der Waals surface area contributed by atoms with Gasteiger partial charge >= 0.3 is 0 Å². The van der Waals surface area contributed by atoms with Crippen molar-refractivity contribution in [1.82, 2.24) is 4.98 Å². The zero-order valence-corrected chi connectivity index (χ0v) is 19.2. The quantitative estimate of drug-likeness (QED) is 0.369. The zero-order chi connectivity index (χ0) is 25.4. The number of carbonyl (C=O) groups is 2. The predicted octanol–water partition coefficient (Wildman–Crippen LogP) is 5.27. The normalized spacial score (nSPS) is 15.1. The lowest BCUT2D eigenvalue weighted by Crippen LogP contribution is -2.29. The van der Waals surface area contributed by atoms with E-state index < -0.39 is 35.9 Å². The van der Waals surface area contributed by atoms with Crippen LogP contribution in [-0.4, -0.2) is 28.6 Å². The molecule has 1 atom stereocenters. The second-order valence-corrected chi connectivity index (χ2v) is 8.94. The van der Waals surface area contributed by atoms with Crippen molar-refractivity contribution < 1.29 is 27.6 Å². The summed E-state index contributed by atoms with van der Waals surface area (Å²) >= 11 is 0.817. The third-order valence-corrected chi connectivity index (χ3v) is 6.70. The molecular weight excluding hydrogens is 493 g/mol. The summed E-state index contributed by atoms with van der Waals surface area (Å²) in [6.07, 6.45) is -3.78. The Morgan fingerprint density at radius 1 is 1.08 bits per heavy atom. The molecule has 4 aromatic rings. The van der Waals surface area contributed by atoms with Crippen molar-refractivity contribution >= 4 is 44.8 Å². The number of fused-ring (bicyclic) bond motifs is 1. The molecule has 11 heteroatoms. The summed E-state index contributed by atoms with van der Waals surface area (Å²) in [5.74, 6) is -1.87. The molecule has 0 radical (unpaired) electrons. The summed E-state index contributed by atoms with van der Waals surface area (Å²) in [6, 6.07) is 15.5. The van der Waals surface area contributed by atoms with Crippen LogP contribution in [0.2, 0.25) is 0 Å². The third-order valence-electron chi connectivity index (χ3n) is 5.60. The number of nitrogens with zero attached hydrogens (tertiary/aromatic N) is 2. The van der Waals surface area contributed by atoms with Gasteiger partial charge in [0.1, 0.15) is 21.2 Å². The van der Waals surface area contributed by atoms with Gasteiger partial charge in [0.2, 0.25) is 6.10 Å². The Morgan fingerprint density at radius 3 is 2.47 bits per heavy atom. The number of oxime groups is 1. The summed E-state index contributed by atoms with van der Waals surface area (Å²) in [4.78, 5) is 34.8. The Bertz CT molecular complexity index is 1500. The number of pyridine rings is 1. The summed E-state index contributed by atoms with van der Waals surface area (Å²) in [5.41, 5.74) is 7.18. The minimum atomic E-state index is -2.84. The number of alkyl halides is 2. The predicted molar refractivity (Wildman–Crippen MR) is 130 cm³/mol. The largest absolute Gasteiger partial charge is 0.382 e. The average Bonchev–Trinajstić information content (AvgIpc) is 3.50. The Morgan fingerprint density at radius 2 is 1.81 bits per heavy atom. The maximum absolute atomic E-state index is 13.6. The van der Waals surface area contributed by atoms with E-state index in [9.17, 15) is 22.8 Å². The lowest BCUT2D eigenvalue weighted by Gasteiger charge is -2.13. The monoisotopic (exact) mass is 510 g/mol. The molecule has 2 aromatic carbocycles. The molecule has 3 heterocycles. The molecule has 0 aliphatic carbocycles. The topological polar surface area (TPSA) is 107 Å². The summed E-state index contributed by atoms with van der Waals surface area (Å²) in [7, 11) is 0. The molecule has 0 fully saturated rings. The van der Waals surface area contributed by atoms with Gasteiger partial charge in [0, 0.05) is 11.8 Å². The highest BCUT2D eigenvalue weighted by atomic mass is 32.1. The standard InChI is InChI=1S/C25H17F3N4O3S/c26-14-8-6-13(7-9-14)16-11-18(35-32-16)24(34)31-20-19-15(12-4-2-1-3-5-12)10-17(22(27)28)30-25(19)36-21(20)23(29)33/h1-10,18,22H,11H2,(H2,29,33)(H,31,34). The number of thiophene rings is 1. The number of aromatic nitrogens is 1. The maximum atomic E-state index is 13.6. The molecule has 182 valence electrons. The summed E-state index contributed by atoms with van der Waals surface area (Å²) in [6.45, 7) is 0. The molecule has 1 aliphatic heterocycles. The number of primary amides is 1.